The Labute approximate surface area is 107 Å². The van der Waals surface area contributed by atoms with Crippen molar-refractivity contribution < 1.29 is 17.9 Å². The predicted molar refractivity (Wildman–Crippen MR) is 67.2 cm³/mol. The van der Waals surface area contributed by atoms with Crippen molar-refractivity contribution in [3.8, 4) is 0 Å². The van der Waals surface area contributed by atoms with Crippen molar-refractivity contribution in [1.82, 2.24) is 4.72 Å². The number of benzene rings is 1. The zero-order valence-electron chi connectivity index (χ0n) is 10.6. The Bertz CT molecular complexity index is 514. The zero-order chi connectivity index (χ0) is 13.9. The Balaban J connectivity index is 3.10. The molecule has 0 aliphatic rings. The van der Waals surface area contributed by atoms with Crippen LogP contribution in [0.3, 0.4) is 0 Å². The van der Waals surface area contributed by atoms with Crippen molar-refractivity contribution in [1.29, 1.82) is 0 Å². The molecule has 0 saturated heterocycles. The standard InChI is InChI=1S/C12H18FNO3S/c1-8(2)11(7-15)14-18(16,17)12-6-10(13)5-4-9(12)3/h4-6,8,11,14-15H,7H2,1-3H3. The Morgan fingerprint density at radius 3 is 2.50 bits per heavy atom. The molecule has 6 heteroatoms. The average molecular weight is 275 g/mol. The summed E-state index contributed by atoms with van der Waals surface area (Å²) in [5.74, 6) is -0.662. The van der Waals surface area contributed by atoms with E-state index in [2.05, 4.69) is 4.72 Å². The number of hydrogen-bond acceptors (Lipinski definition) is 3. The number of aryl methyl sites for hydroxylation is 1. The van der Waals surface area contributed by atoms with E-state index in [0.717, 1.165) is 6.07 Å². The largest absolute Gasteiger partial charge is 0.395 e. The molecule has 0 spiro atoms. The second-order valence-corrected chi connectivity index (χ2v) is 6.25. The molecule has 1 rings (SSSR count). The topological polar surface area (TPSA) is 66.4 Å². The zero-order valence-corrected chi connectivity index (χ0v) is 11.5. The van der Waals surface area contributed by atoms with Crippen LogP contribution in [0.2, 0.25) is 0 Å². The molecule has 1 unspecified atom stereocenters. The molecule has 0 aromatic heterocycles. The van der Waals surface area contributed by atoms with Gasteiger partial charge < -0.3 is 5.11 Å². The molecule has 0 amide bonds. The fraction of sp³-hybridized carbons (Fsp3) is 0.500. The van der Waals surface area contributed by atoms with Gasteiger partial charge in [0.15, 0.2) is 0 Å². The van der Waals surface area contributed by atoms with Gasteiger partial charge in [-0.25, -0.2) is 17.5 Å². The Morgan fingerprint density at radius 1 is 1.39 bits per heavy atom. The minimum Gasteiger partial charge on any atom is -0.395 e. The van der Waals surface area contributed by atoms with Crippen LogP contribution in [0.25, 0.3) is 0 Å². The van der Waals surface area contributed by atoms with E-state index in [-0.39, 0.29) is 17.4 Å². The molecule has 0 fully saturated rings. The summed E-state index contributed by atoms with van der Waals surface area (Å²) in [7, 11) is -3.82. The molecule has 0 aliphatic heterocycles. The molecule has 1 aromatic carbocycles. The minimum atomic E-state index is -3.82. The fourth-order valence-corrected chi connectivity index (χ4v) is 3.14. The van der Waals surface area contributed by atoms with Gasteiger partial charge in [-0.2, -0.15) is 0 Å². The summed E-state index contributed by atoms with van der Waals surface area (Å²) in [6.45, 7) is 4.88. The summed E-state index contributed by atoms with van der Waals surface area (Å²) in [5.41, 5.74) is 0.462. The van der Waals surface area contributed by atoms with Crippen LogP contribution in [0.1, 0.15) is 19.4 Å². The van der Waals surface area contributed by atoms with E-state index in [0.29, 0.717) is 5.56 Å². The maximum Gasteiger partial charge on any atom is 0.241 e. The van der Waals surface area contributed by atoms with Crippen molar-refractivity contribution in [2.75, 3.05) is 6.61 Å². The molecular weight excluding hydrogens is 257 g/mol. The first-order valence-electron chi connectivity index (χ1n) is 5.67. The summed E-state index contributed by atoms with van der Waals surface area (Å²) >= 11 is 0. The molecule has 0 saturated carbocycles. The Hall–Kier alpha value is -0.980. The van der Waals surface area contributed by atoms with Crippen LogP contribution in [0, 0.1) is 18.7 Å². The average Bonchev–Trinajstić information content (AvgIpc) is 2.28. The second kappa shape index (κ2) is 5.77. The molecule has 1 atom stereocenters. The van der Waals surface area contributed by atoms with E-state index in [1.165, 1.54) is 12.1 Å². The molecule has 0 heterocycles. The van der Waals surface area contributed by atoms with Crippen LogP contribution in [0.5, 0.6) is 0 Å². The molecule has 2 N–H and O–H groups in total. The van der Waals surface area contributed by atoms with Gasteiger partial charge in [0.05, 0.1) is 11.5 Å². The number of hydrogen-bond donors (Lipinski definition) is 2. The van der Waals surface area contributed by atoms with E-state index in [9.17, 15) is 12.8 Å². The highest BCUT2D eigenvalue weighted by atomic mass is 32.2. The van der Waals surface area contributed by atoms with Crippen molar-refractivity contribution in [2.24, 2.45) is 5.92 Å². The quantitative estimate of drug-likeness (QED) is 0.854. The maximum atomic E-state index is 13.1. The summed E-state index contributed by atoms with van der Waals surface area (Å²) in [4.78, 5) is -0.0957. The number of halogens is 1. The maximum absolute atomic E-state index is 13.1. The lowest BCUT2D eigenvalue weighted by atomic mass is 10.1. The van der Waals surface area contributed by atoms with Crippen LogP contribution in [0.15, 0.2) is 23.1 Å². The van der Waals surface area contributed by atoms with Crippen LogP contribution >= 0.6 is 0 Å². The van der Waals surface area contributed by atoms with Gasteiger partial charge in [0, 0.05) is 6.04 Å². The first-order valence-corrected chi connectivity index (χ1v) is 7.15. The van der Waals surface area contributed by atoms with E-state index >= 15 is 0 Å². The SMILES string of the molecule is Cc1ccc(F)cc1S(=O)(=O)NC(CO)C(C)C. The molecule has 102 valence electrons. The van der Waals surface area contributed by atoms with Gasteiger partial charge >= 0.3 is 0 Å². The van der Waals surface area contributed by atoms with Gasteiger partial charge in [0.25, 0.3) is 0 Å². The third kappa shape index (κ3) is 3.51. The van der Waals surface area contributed by atoms with E-state index in [1.54, 1.807) is 20.8 Å². The fourth-order valence-electron chi connectivity index (χ4n) is 1.51. The van der Waals surface area contributed by atoms with Crippen LogP contribution < -0.4 is 4.72 Å². The van der Waals surface area contributed by atoms with Crippen LogP contribution in [-0.4, -0.2) is 26.2 Å². The molecule has 0 radical (unpaired) electrons. The van der Waals surface area contributed by atoms with Gasteiger partial charge in [-0.3, -0.25) is 0 Å². The van der Waals surface area contributed by atoms with Crippen molar-refractivity contribution in [3.05, 3.63) is 29.6 Å². The molecule has 0 bridgehead atoms. The Kier molecular flexibility index (Phi) is 4.84. The van der Waals surface area contributed by atoms with Gasteiger partial charge in [0.1, 0.15) is 5.82 Å². The predicted octanol–water partition coefficient (Wildman–Crippen LogP) is 1.43. The lowest BCUT2D eigenvalue weighted by molar-refractivity contribution is 0.227. The summed E-state index contributed by atoms with van der Waals surface area (Å²) < 4.78 is 39.7. The molecule has 18 heavy (non-hydrogen) atoms. The van der Waals surface area contributed by atoms with E-state index < -0.39 is 21.9 Å². The number of sulfonamides is 1. The number of rotatable bonds is 5. The normalized spacial score (nSPS) is 13.9. The van der Waals surface area contributed by atoms with Gasteiger partial charge in [-0.1, -0.05) is 19.9 Å². The van der Waals surface area contributed by atoms with Gasteiger partial charge in [-0.15, -0.1) is 0 Å². The third-order valence-electron chi connectivity index (χ3n) is 2.75. The number of aliphatic hydroxyl groups excluding tert-OH is 1. The van der Waals surface area contributed by atoms with Crippen molar-refractivity contribution in [3.63, 3.8) is 0 Å². The van der Waals surface area contributed by atoms with Gasteiger partial charge in [0.2, 0.25) is 10.0 Å². The molecule has 4 nitrogen and oxygen atoms in total. The van der Waals surface area contributed by atoms with Crippen molar-refractivity contribution >= 4 is 10.0 Å². The second-order valence-electron chi connectivity index (χ2n) is 4.56. The summed E-state index contributed by atoms with van der Waals surface area (Å²) in [6, 6.07) is 3.01. The minimum absolute atomic E-state index is 0.0568. The highest BCUT2D eigenvalue weighted by molar-refractivity contribution is 7.89. The van der Waals surface area contributed by atoms with Crippen LogP contribution in [0.4, 0.5) is 4.39 Å². The van der Waals surface area contributed by atoms with Crippen molar-refractivity contribution in [2.45, 2.75) is 31.7 Å². The molecule has 0 aliphatic carbocycles. The first kappa shape index (κ1) is 15.1. The summed E-state index contributed by atoms with van der Waals surface area (Å²) in [6.07, 6.45) is 0. The third-order valence-corrected chi connectivity index (χ3v) is 4.38. The van der Waals surface area contributed by atoms with E-state index in [1.807, 2.05) is 0 Å². The highest BCUT2D eigenvalue weighted by Gasteiger charge is 2.23. The van der Waals surface area contributed by atoms with Gasteiger partial charge in [-0.05, 0) is 30.5 Å². The number of aliphatic hydroxyl groups is 1. The lowest BCUT2D eigenvalue weighted by Crippen LogP contribution is -2.41. The first-order chi connectivity index (χ1) is 8.27. The smallest absolute Gasteiger partial charge is 0.241 e. The molecular formula is C12H18FNO3S. The van der Waals surface area contributed by atoms with Crippen LogP contribution in [-0.2, 0) is 10.0 Å². The van der Waals surface area contributed by atoms with E-state index in [4.69, 9.17) is 5.11 Å². The monoisotopic (exact) mass is 275 g/mol. The molecule has 1 aromatic rings. The Morgan fingerprint density at radius 2 is 2.00 bits per heavy atom. The summed E-state index contributed by atoms with van der Waals surface area (Å²) in [5, 5.41) is 9.13. The highest BCUT2D eigenvalue weighted by Crippen LogP contribution is 2.17. The lowest BCUT2D eigenvalue weighted by Gasteiger charge is -2.20. The number of nitrogens with one attached hydrogen (secondary N) is 1.